The van der Waals surface area contributed by atoms with Crippen molar-refractivity contribution < 1.29 is 23.8 Å². The van der Waals surface area contributed by atoms with Crippen LogP contribution in [0.15, 0.2) is 48.5 Å². The van der Waals surface area contributed by atoms with Crippen LogP contribution in [0.4, 0.5) is 5.69 Å². The molecule has 2 unspecified atom stereocenters. The Morgan fingerprint density at radius 3 is 2.42 bits per heavy atom. The third-order valence-electron chi connectivity index (χ3n) is 7.65. The van der Waals surface area contributed by atoms with E-state index in [1.807, 2.05) is 45.0 Å². The predicted octanol–water partition coefficient (Wildman–Crippen LogP) is 5.08. The number of amides is 1. The molecule has 0 spiro atoms. The number of likely N-dealkylation sites (tertiary alicyclic amines) is 1. The number of nitriles is 1. The van der Waals surface area contributed by atoms with Gasteiger partial charge in [-0.15, -0.1) is 0 Å². The molecule has 0 aliphatic carbocycles. The summed E-state index contributed by atoms with van der Waals surface area (Å²) in [5.41, 5.74) is 1.40. The van der Waals surface area contributed by atoms with E-state index in [2.05, 4.69) is 16.3 Å². The molecule has 3 aromatic rings. The van der Waals surface area contributed by atoms with Gasteiger partial charge in [0.05, 0.1) is 30.6 Å². The highest BCUT2D eigenvalue weighted by Gasteiger charge is 2.33. The Kier molecular flexibility index (Phi) is 7.79. The fourth-order valence-electron chi connectivity index (χ4n) is 5.52. The molecule has 1 N–H and O–H groups in total. The van der Waals surface area contributed by atoms with E-state index in [1.54, 1.807) is 24.3 Å². The number of nitrogens with one attached hydrogen (secondary N) is 1. The summed E-state index contributed by atoms with van der Waals surface area (Å²) in [6.07, 6.45) is 2.92. The van der Waals surface area contributed by atoms with E-state index in [9.17, 15) is 14.9 Å². The van der Waals surface area contributed by atoms with Crippen LogP contribution in [0.2, 0.25) is 0 Å². The second kappa shape index (κ2) is 11.3. The van der Waals surface area contributed by atoms with E-state index in [4.69, 9.17) is 14.2 Å². The third-order valence-corrected chi connectivity index (χ3v) is 7.65. The van der Waals surface area contributed by atoms with Crippen molar-refractivity contribution in [1.29, 1.82) is 5.26 Å². The maximum Gasteiger partial charge on any atom is 0.296 e. The van der Waals surface area contributed by atoms with E-state index < -0.39 is 11.7 Å². The molecule has 2 bridgehead atoms. The van der Waals surface area contributed by atoms with Crippen molar-refractivity contribution in [2.24, 2.45) is 0 Å². The summed E-state index contributed by atoms with van der Waals surface area (Å²) in [4.78, 5) is 29.0. The molecule has 5 rings (SSSR count). The number of morpholine rings is 1. The Hall–Kier alpha value is -3.93. The number of ketones is 1. The summed E-state index contributed by atoms with van der Waals surface area (Å²) in [6.45, 7) is 9.20. The Morgan fingerprint density at radius 2 is 1.77 bits per heavy atom. The van der Waals surface area contributed by atoms with Gasteiger partial charge in [0, 0.05) is 30.6 Å². The van der Waals surface area contributed by atoms with Gasteiger partial charge in [0.2, 0.25) is 0 Å². The Labute approximate surface area is 234 Å². The standard InChI is InChI=1S/C32H35N3O5/c1-32(2,3)21-15-20(17-33)30(38-4)27(16-21)34-31(37)29(36)26-11-12-28(25-8-6-5-7-24(25)26)39-14-13-35-18-22-9-10-23(19-35)40-22/h5-8,11-12,15-16,22-23H,9-10,13-14,18-19H2,1-4H3,(H,34,37). The second-order valence-corrected chi connectivity index (χ2v) is 11.5. The average Bonchev–Trinajstić information content (AvgIpc) is 3.29. The maximum atomic E-state index is 13.4. The largest absolute Gasteiger partial charge is 0.493 e. The molecule has 0 aromatic heterocycles. The number of fused-ring (bicyclic) bond motifs is 3. The highest BCUT2D eigenvalue weighted by Crippen LogP contribution is 2.35. The van der Waals surface area contributed by atoms with Crippen LogP contribution in [-0.4, -0.2) is 62.1 Å². The fourth-order valence-corrected chi connectivity index (χ4v) is 5.52. The summed E-state index contributed by atoms with van der Waals surface area (Å²) < 4.78 is 17.5. The van der Waals surface area contributed by atoms with Gasteiger partial charge >= 0.3 is 0 Å². The normalized spacial score (nSPS) is 18.8. The molecule has 2 atom stereocenters. The van der Waals surface area contributed by atoms with Crippen molar-refractivity contribution in [3.05, 3.63) is 65.2 Å². The number of methoxy groups -OCH3 is 1. The zero-order chi connectivity index (χ0) is 28.4. The molecule has 0 saturated carbocycles. The number of anilines is 1. The summed E-state index contributed by atoms with van der Waals surface area (Å²) >= 11 is 0. The minimum absolute atomic E-state index is 0.221. The first-order valence-corrected chi connectivity index (χ1v) is 13.7. The van der Waals surface area contributed by atoms with E-state index in [0.29, 0.717) is 30.0 Å². The lowest BCUT2D eigenvalue weighted by molar-refractivity contribution is -0.112. The van der Waals surface area contributed by atoms with Gasteiger partial charge in [-0.25, -0.2) is 0 Å². The van der Waals surface area contributed by atoms with Gasteiger partial charge in [-0.2, -0.15) is 5.26 Å². The van der Waals surface area contributed by atoms with Crippen molar-refractivity contribution in [3.63, 3.8) is 0 Å². The first-order valence-electron chi connectivity index (χ1n) is 13.7. The maximum absolute atomic E-state index is 13.4. The summed E-state index contributed by atoms with van der Waals surface area (Å²) in [5, 5.41) is 13.8. The monoisotopic (exact) mass is 541 g/mol. The Bertz CT molecular complexity index is 1470. The lowest BCUT2D eigenvalue weighted by Crippen LogP contribution is -2.44. The Morgan fingerprint density at radius 1 is 1.07 bits per heavy atom. The molecule has 40 heavy (non-hydrogen) atoms. The molecule has 0 radical (unpaired) electrons. The van der Waals surface area contributed by atoms with Crippen molar-refractivity contribution in [1.82, 2.24) is 4.90 Å². The molecular weight excluding hydrogens is 506 g/mol. The zero-order valence-electron chi connectivity index (χ0n) is 23.5. The number of Topliss-reactive ketones (excluding diaryl/α,β-unsaturated/α-hetero) is 1. The van der Waals surface area contributed by atoms with Gasteiger partial charge < -0.3 is 19.5 Å². The van der Waals surface area contributed by atoms with Crippen molar-refractivity contribution in [2.45, 2.75) is 51.2 Å². The van der Waals surface area contributed by atoms with Crippen molar-refractivity contribution in [3.8, 4) is 17.6 Å². The van der Waals surface area contributed by atoms with Crippen LogP contribution < -0.4 is 14.8 Å². The zero-order valence-corrected chi connectivity index (χ0v) is 23.5. The number of carbonyl (C=O) groups is 2. The van der Waals surface area contributed by atoms with Crippen LogP contribution >= 0.6 is 0 Å². The first-order chi connectivity index (χ1) is 19.2. The number of hydrogen-bond acceptors (Lipinski definition) is 7. The summed E-state index contributed by atoms with van der Waals surface area (Å²) in [6, 6.07) is 16.4. The highest BCUT2D eigenvalue weighted by molar-refractivity contribution is 6.48. The second-order valence-electron chi connectivity index (χ2n) is 11.5. The molecule has 2 aliphatic rings. The van der Waals surface area contributed by atoms with Crippen LogP contribution in [0.1, 0.15) is 55.1 Å². The minimum atomic E-state index is -0.811. The smallest absolute Gasteiger partial charge is 0.296 e. The number of nitrogens with zero attached hydrogens (tertiary/aromatic N) is 2. The SMILES string of the molecule is COc1c(C#N)cc(C(C)(C)C)cc1NC(=O)C(=O)c1ccc(OCCN2CC3CCC(C2)O3)c2ccccc12. The van der Waals surface area contributed by atoms with Gasteiger partial charge in [-0.1, -0.05) is 45.0 Å². The summed E-state index contributed by atoms with van der Waals surface area (Å²) in [7, 11) is 1.43. The number of hydrogen-bond donors (Lipinski definition) is 1. The highest BCUT2D eigenvalue weighted by atomic mass is 16.5. The fraction of sp³-hybridized carbons (Fsp3) is 0.406. The number of benzene rings is 3. The van der Waals surface area contributed by atoms with Crippen molar-refractivity contribution in [2.75, 3.05) is 38.7 Å². The van der Waals surface area contributed by atoms with Gasteiger partial charge in [-0.05, 0) is 53.5 Å². The molecule has 2 fully saturated rings. The first kappa shape index (κ1) is 27.6. The molecule has 8 nitrogen and oxygen atoms in total. The molecule has 3 aromatic carbocycles. The van der Waals surface area contributed by atoms with Gasteiger partial charge in [0.15, 0.2) is 5.75 Å². The van der Waals surface area contributed by atoms with Crippen molar-refractivity contribution >= 4 is 28.2 Å². The van der Waals surface area contributed by atoms with Crippen LogP contribution in [0.3, 0.4) is 0 Å². The minimum Gasteiger partial charge on any atom is -0.493 e. The average molecular weight is 542 g/mol. The van der Waals surface area contributed by atoms with Crippen LogP contribution in [0.5, 0.6) is 11.5 Å². The van der Waals surface area contributed by atoms with Gasteiger partial charge in [-0.3, -0.25) is 14.5 Å². The number of ether oxygens (including phenoxy) is 3. The van der Waals surface area contributed by atoms with E-state index >= 15 is 0 Å². The Balaban J connectivity index is 1.35. The molecular formula is C32H35N3O5. The molecule has 2 saturated heterocycles. The lowest BCUT2D eigenvalue weighted by atomic mass is 9.85. The molecule has 2 heterocycles. The van der Waals surface area contributed by atoms with E-state index in [1.165, 1.54) is 7.11 Å². The lowest BCUT2D eigenvalue weighted by Gasteiger charge is -2.31. The van der Waals surface area contributed by atoms with Crippen LogP contribution in [0, 0.1) is 11.3 Å². The predicted molar refractivity (Wildman–Crippen MR) is 153 cm³/mol. The topological polar surface area (TPSA) is 101 Å². The van der Waals surface area contributed by atoms with E-state index in [-0.39, 0.29) is 28.0 Å². The molecule has 2 aliphatic heterocycles. The quantitative estimate of drug-likeness (QED) is 0.313. The van der Waals surface area contributed by atoms with Crippen LogP contribution in [-0.2, 0) is 14.9 Å². The van der Waals surface area contributed by atoms with Crippen LogP contribution in [0.25, 0.3) is 10.8 Å². The van der Waals surface area contributed by atoms with E-state index in [0.717, 1.165) is 43.4 Å². The number of carbonyl (C=O) groups excluding carboxylic acids is 2. The van der Waals surface area contributed by atoms with Gasteiger partial charge in [0.25, 0.3) is 11.7 Å². The summed E-state index contributed by atoms with van der Waals surface area (Å²) in [5.74, 6) is -0.609. The molecule has 8 heteroatoms. The molecule has 1 amide bonds. The number of rotatable bonds is 8. The third kappa shape index (κ3) is 5.67. The molecule has 208 valence electrons. The van der Waals surface area contributed by atoms with Gasteiger partial charge in [0.1, 0.15) is 18.4 Å².